The van der Waals surface area contributed by atoms with Crippen molar-refractivity contribution in [2.24, 2.45) is 11.7 Å². The molecule has 11 heteroatoms. The van der Waals surface area contributed by atoms with Crippen LogP contribution in [0.2, 0.25) is 0 Å². The molecule has 3 aliphatic rings. The minimum absolute atomic E-state index is 0.0578. The molecule has 11 nitrogen and oxygen atoms in total. The molecule has 0 radical (unpaired) electrons. The molecular weight excluding hydrogens is 434 g/mol. The Morgan fingerprint density at radius 3 is 2.52 bits per heavy atom. The predicted molar refractivity (Wildman–Crippen MR) is 111 cm³/mol. The van der Waals surface area contributed by atoms with E-state index in [9.17, 15) is 35.1 Å². The molecular formula is C22H23N3O8. The number of primary amides is 1. The molecule has 0 saturated heterocycles. The van der Waals surface area contributed by atoms with E-state index < -0.39 is 58.2 Å². The largest absolute Gasteiger partial charge is 0.508 e. The fourth-order valence-electron chi connectivity index (χ4n) is 5.90. The Balaban J connectivity index is 1.91. The first kappa shape index (κ1) is 21.6. The van der Waals surface area contributed by atoms with Gasteiger partial charge in [-0.25, -0.2) is 0 Å². The number of aromatic hydroxyl groups is 1. The fraction of sp³-hybridized carbons (Fsp3) is 0.409. The minimum Gasteiger partial charge on any atom is -0.508 e. The van der Waals surface area contributed by atoms with E-state index in [1.54, 1.807) is 6.07 Å². The van der Waals surface area contributed by atoms with Crippen molar-refractivity contribution in [3.05, 3.63) is 46.4 Å². The van der Waals surface area contributed by atoms with Gasteiger partial charge >= 0.3 is 0 Å². The molecule has 3 aliphatic carbocycles. The lowest BCUT2D eigenvalue weighted by molar-refractivity contribution is -0.170. The Kier molecular flexibility index (Phi) is 4.20. The van der Waals surface area contributed by atoms with E-state index >= 15 is 0 Å². The van der Waals surface area contributed by atoms with Crippen LogP contribution in [0.5, 0.6) is 5.75 Å². The molecule has 7 N–H and O–H groups in total. The summed E-state index contributed by atoms with van der Waals surface area (Å²) in [6.07, 6.45) is -1.61. The number of benzene rings is 1. The average Bonchev–Trinajstić information content (AvgIpc) is 3.14. The summed E-state index contributed by atoms with van der Waals surface area (Å²) in [5, 5.41) is 60.5. The number of phenolic OH excluding ortho intramolecular Hbond substituents is 1. The minimum atomic E-state index is -2.55. The third kappa shape index (κ3) is 2.34. The SMILES string of the molecule is CN(C)[C@@H]1C(=O)C(C(N)=O)=C(O)[C@@]2(O)c3onc4c3[C@H]([C@H](O)[C@@H]12)[C@](C)(O)c1cccc(O)c1-4. The molecule has 1 aromatic heterocycles. The maximum absolute atomic E-state index is 13.2. The van der Waals surface area contributed by atoms with Crippen LogP contribution in [0.3, 0.4) is 0 Å². The molecule has 0 aliphatic heterocycles. The molecule has 0 fully saturated rings. The Morgan fingerprint density at radius 1 is 1.24 bits per heavy atom. The van der Waals surface area contributed by atoms with Gasteiger partial charge in [0.05, 0.1) is 29.2 Å². The first-order chi connectivity index (χ1) is 15.4. The van der Waals surface area contributed by atoms with Crippen LogP contribution >= 0.6 is 0 Å². The summed E-state index contributed by atoms with van der Waals surface area (Å²) < 4.78 is 5.47. The van der Waals surface area contributed by atoms with Gasteiger partial charge in [-0.05, 0) is 32.6 Å². The van der Waals surface area contributed by atoms with Crippen LogP contribution < -0.4 is 5.73 Å². The van der Waals surface area contributed by atoms with Gasteiger partial charge in [0, 0.05) is 11.5 Å². The number of hydrogen-bond donors (Lipinski definition) is 6. The van der Waals surface area contributed by atoms with Crippen LogP contribution in [0.1, 0.15) is 29.7 Å². The normalized spacial score (nSPS) is 34.7. The van der Waals surface area contributed by atoms with Crippen LogP contribution in [0, 0.1) is 5.92 Å². The zero-order valence-corrected chi connectivity index (χ0v) is 18.0. The topological polar surface area (TPSA) is 191 Å². The zero-order chi connectivity index (χ0) is 24.2. The molecule has 0 bridgehead atoms. The van der Waals surface area contributed by atoms with Gasteiger partial charge in [-0.1, -0.05) is 17.3 Å². The summed E-state index contributed by atoms with van der Waals surface area (Å²) in [6.45, 7) is 1.43. The summed E-state index contributed by atoms with van der Waals surface area (Å²) in [5.74, 6) is -6.34. The van der Waals surface area contributed by atoms with E-state index in [1.807, 2.05) is 0 Å². The molecule has 1 amide bonds. The van der Waals surface area contributed by atoms with Gasteiger partial charge in [-0.3, -0.25) is 14.5 Å². The first-order valence-corrected chi connectivity index (χ1v) is 10.3. The van der Waals surface area contributed by atoms with Gasteiger partial charge in [-0.15, -0.1) is 0 Å². The number of carbonyl (C=O) groups is 2. The highest BCUT2D eigenvalue weighted by Crippen LogP contribution is 2.62. The van der Waals surface area contributed by atoms with Gasteiger partial charge in [0.1, 0.15) is 22.8 Å². The number of rotatable bonds is 2. The van der Waals surface area contributed by atoms with E-state index in [-0.39, 0.29) is 33.9 Å². The molecule has 174 valence electrons. The van der Waals surface area contributed by atoms with Gasteiger partial charge in [0.2, 0.25) is 0 Å². The summed E-state index contributed by atoms with van der Waals surface area (Å²) in [6, 6.07) is 3.18. The molecule has 0 spiro atoms. The molecule has 5 rings (SSSR count). The maximum Gasteiger partial charge on any atom is 0.255 e. The van der Waals surface area contributed by atoms with Gasteiger partial charge < -0.3 is 35.8 Å². The number of fused-ring (bicyclic) bond motifs is 4. The number of Topliss-reactive ketones (excluding diaryl/α,β-unsaturated/α-hetero) is 1. The van der Waals surface area contributed by atoms with Gasteiger partial charge in [-0.2, -0.15) is 0 Å². The molecule has 33 heavy (non-hydrogen) atoms. The second-order valence-corrected chi connectivity index (χ2v) is 9.24. The lowest BCUT2D eigenvalue weighted by atomic mass is 9.55. The monoisotopic (exact) mass is 457 g/mol. The predicted octanol–water partition coefficient (Wildman–Crippen LogP) is -0.659. The molecule has 6 atom stereocenters. The van der Waals surface area contributed by atoms with E-state index in [0.29, 0.717) is 0 Å². The van der Waals surface area contributed by atoms with Gasteiger partial charge in [0.15, 0.2) is 17.1 Å². The Morgan fingerprint density at radius 2 is 1.91 bits per heavy atom. The number of ketones is 1. The standard InChI is InChI=1S/C22H23N3O8/c1-21(31)7-5-4-6-8(26)9(7)14-10-12(21)17(28)13-15(25(2)3)16(27)11(20(23)30)18(29)22(13,32)19(10)33-24-14/h4-6,12-13,15,17,26,28-29,31-32H,1-3H3,(H2,23,30)/t12-,13-,15+,17+,21-,22-/m1/s1. The van der Waals surface area contributed by atoms with E-state index in [4.69, 9.17) is 10.3 Å². The third-order valence-corrected chi connectivity index (χ3v) is 7.26. The smallest absolute Gasteiger partial charge is 0.255 e. The maximum atomic E-state index is 13.2. The third-order valence-electron chi connectivity index (χ3n) is 7.26. The number of carbonyl (C=O) groups excluding carboxylic acids is 2. The summed E-state index contributed by atoms with van der Waals surface area (Å²) in [7, 11) is 3.01. The van der Waals surface area contributed by atoms with Crippen molar-refractivity contribution >= 4 is 11.7 Å². The van der Waals surface area contributed by atoms with Crippen LogP contribution in [0.25, 0.3) is 11.3 Å². The quantitative estimate of drug-likeness (QED) is 0.316. The van der Waals surface area contributed by atoms with Gasteiger partial charge in [0.25, 0.3) is 5.91 Å². The van der Waals surface area contributed by atoms with Crippen molar-refractivity contribution in [3.8, 4) is 17.0 Å². The van der Waals surface area contributed by atoms with Crippen LogP contribution in [0.4, 0.5) is 0 Å². The lowest BCUT2D eigenvalue weighted by Gasteiger charge is -2.54. The Bertz CT molecular complexity index is 1260. The van der Waals surface area contributed by atoms with Crippen molar-refractivity contribution in [2.45, 2.75) is 36.2 Å². The molecule has 0 saturated carbocycles. The van der Waals surface area contributed by atoms with Crippen molar-refractivity contribution in [1.82, 2.24) is 10.1 Å². The number of amides is 1. The van der Waals surface area contributed by atoms with E-state index in [1.165, 1.54) is 38.1 Å². The summed E-state index contributed by atoms with van der Waals surface area (Å²) in [5.41, 5.74) is 0.736. The first-order valence-electron chi connectivity index (χ1n) is 10.3. The molecule has 2 aromatic rings. The van der Waals surface area contributed by atoms with Crippen LogP contribution in [0.15, 0.2) is 34.1 Å². The number of aromatic nitrogens is 1. The van der Waals surface area contributed by atoms with Crippen molar-refractivity contribution in [2.75, 3.05) is 14.1 Å². The second-order valence-electron chi connectivity index (χ2n) is 9.24. The number of aliphatic hydroxyl groups is 4. The van der Waals surface area contributed by atoms with Crippen molar-refractivity contribution in [1.29, 1.82) is 0 Å². The summed E-state index contributed by atoms with van der Waals surface area (Å²) in [4.78, 5) is 26.6. The Labute approximate surface area is 187 Å². The average molecular weight is 457 g/mol. The summed E-state index contributed by atoms with van der Waals surface area (Å²) >= 11 is 0. The van der Waals surface area contributed by atoms with E-state index in [0.717, 1.165) is 0 Å². The highest BCUT2D eigenvalue weighted by Gasteiger charge is 2.69. The second kappa shape index (κ2) is 6.41. The highest BCUT2D eigenvalue weighted by atomic mass is 16.5. The highest BCUT2D eigenvalue weighted by molar-refractivity contribution is 6.22. The van der Waals surface area contributed by atoms with E-state index in [2.05, 4.69) is 5.16 Å². The number of nitrogens with zero attached hydrogens (tertiary/aromatic N) is 2. The zero-order valence-electron chi connectivity index (χ0n) is 18.0. The Hall–Kier alpha value is -3.25. The van der Waals surface area contributed by atoms with Crippen molar-refractivity contribution in [3.63, 3.8) is 0 Å². The number of nitrogens with two attached hydrogens (primary N) is 1. The molecule has 0 unspecified atom stereocenters. The molecule has 1 heterocycles. The number of likely N-dealkylation sites (N-methyl/N-ethyl adjacent to an activating group) is 1. The fourth-order valence-corrected chi connectivity index (χ4v) is 5.90. The lowest BCUT2D eigenvalue weighted by Crippen LogP contribution is -2.65. The van der Waals surface area contributed by atoms with Crippen molar-refractivity contribution < 1.29 is 39.6 Å². The van der Waals surface area contributed by atoms with Crippen LogP contribution in [-0.4, -0.2) is 73.5 Å². The number of phenols is 1. The number of hydrogen-bond acceptors (Lipinski definition) is 10. The van der Waals surface area contributed by atoms with Crippen LogP contribution in [-0.2, 0) is 20.8 Å². The number of aliphatic hydroxyl groups excluding tert-OH is 2. The molecule has 1 aromatic carbocycles.